The van der Waals surface area contributed by atoms with Crippen molar-refractivity contribution in [3.63, 3.8) is 0 Å². The summed E-state index contributed by atoms with van der Waals surface area (Å²) in [5, 5.41) is 0. The number of benzene rings is 1. The first kappa shape index (κ1) is 13.8. The van der Waals surface area contributed by atoms with Crippen LogP contribution in [0.4, 0.5) is 0 Å². The highest BCUT2D eigenvalue weighted by atomic mass is 16.1. The number of hydrogen-bond acceptors (Lipinski definition) is 3. The van der Waals surface area contributed by atoms with Gasteiger partial charge in [-0.3, -0.25) is 14.5 Å². The predicted octanol–water partition coefficient (Wildman–Crippen LogP) is 2.41. The van der Waals surface area contributed by atoms with E-state index in [-0.39, 0.29) is 5.78 Å². The smallest absolute Gasteiger partial charge is 0.209 e. The molecule has 0 bridgehead atoms. The van der Waals surface area contributed by atoms with Crippen molar-refractivity contribution in [2.75, 3.05) is 13.1 Å². The van der Waals surface area contributed by atoms with Crippen molar-refractivity contribution in [3.8, 4) is 0 Å². The second-order valence-corrected chi connectivity index (χ2v) is 5.42. The first-order chi connectivity index (χ1) is 10.2. The molecule has 1 aliphatic heterocycles. The van der Waals surface area contributed by atoms with Gasteiger partial charge in [0.05, 0.1) is 5.69 Å². The molecular formula is C17H18N2O2. The fourth-order valence-corrected chi connectivity index (χ4v) is 2.61. The van der Waals surface area contributed by atoms with E-state index in [4.69, 9.17) is 0 Å². The summed E-state index contributed by atoms with van der Waals surface area (Å²) in [4.78, 5) is 28.6. The Labute approximate surface area is 123 Å². The lowest BCUT2D eigenvalue weighted by Crippen LogP contribution is -2.33. The number of aromatic amines is 1. The molecule has 1 saturated heterocycles. The summed E-state index contributed by atoms with van der Waals surface area (Å²) in [5.74, 6) is 0.369. The Morgan fingerprint density at radius 3 is 2.43 bits per heavy atom. The Kier molecular flexibility index (Phi) is 3.97. The molecule has 0 spiro atoms. The molecule has 0 amide bonds. The molecule has 0 atom stereocenters. The maximum absolute atomic E-state index is 12.2. The summed E-state index contributed by atoms with van der Waals surface area (Å²) in [7, 11) is 0. The lowest BCUT2D eigenvalue weighted by molar-refractivity contribution is -0.121. The fourth-order valence-electron chi connectivity index (χ4n) is 2.61. The van der Waals surface area contributed by atoms with E-state index in [2.05, 4.69) is 9.88 Å². The van der Waals surface area contributed by atoms with Crippen LogP contribution in [0.25, 0.3) is 0 Å². The summed E-state index contributed by atoms with van der Waals surface area (Å²) >= 11 is 0. The van der Waals surface area contributed by atoms with Crippen molar-refractivity contribution in [3.05, 3.63) is 59.4 Å². The zero-order valence-corrected chi connectivity index (χ0v) is 11.8. The van der Waals surface area contributed by atoms with Gasteiger partial charge in [-0.15, -0.1) is 0 Å². The molecule has 0 aliphatic carbocycles. The Morgan fingerprint density at radius 1 is 1.10 bits per heavy atom. The Hall–Kier alpha value is -2.20. The normalized spacial score (nSPS) is 16.1. The summed E-state index contributed by atoms with van der Waals surface area (Å²) < 4.78 is 0. The van der Waals surface area contributed by atoms with Gasteiger partial charge in [0, 0.05) is 44.2 Å². The van der Waals surface area contributed by atoms with Gasteiger partial charge in [0.2, 0.25) is 5.78 Å². The van der Waals surface area contributed by atoms with E-state index in [0.717, 1.165) is 19.6 Å². The van der Waals surface area contributed by atoms with E-state index in [1.165, 1.54) is 5.56 Å². The average molecular weight is 282 g/mol. The number of Topliss-reactive ketones (excluding diaryl/α,β-unsaturated/α-hetero) is 1. The monoisotopic (exact) mass is 282 g/mol. The van der Waals surface area contributed by atoms with Crippen molar-refractivity contribution in [2.24, 2.45) is 0 Å². The van der Waals surface area contributed by atoms with Gasteiger partial charge in [-0.1, -0.05) is 24.3 Å². The number of hydrogen-bond donors (Lipinski definition) is 1. The van der Waals surface area contributed by atoms with E-state index in [1.54, 1.807) is 12.3 Å². The zero-order valence-electron chi connectivity index (χ0n) is 11.8. The van der Waals surface area contributed by atoms with Crippen LogP contribution in [0.5, 0.6) is 0 Å². The second-order valence-electron chi connectivity index (χ2n) is 5.42. The summed E-state index contributed by atoms with van der Waals surface area (Å²) in [5.41, 5.74) is 2.47. The number of ketones is 2. The molecule has 0 radical (unpaired) electrons. The van der Waals surface area contributed by atoms with E-state index >= 15 is 0 Å². The van der Waals surface area contributed by atoms with Crippen molar-refractivity contribution in [1.82, 2.24) is 9.88 Å². The molecule has 1 aromatic carbocycles. The van der Waals surface area contributed by atoms with Crippen molar-refractivity contribution >= 4 is 11.6 Å². The molecule has 21 heavy (non-hydrogen) atoms. The number of nitrogens with one attached hydrogen (secondary N) is 1. The average Bonchev–Trinajstić information content (AvgIpc) is 3.04. The number of rotatable bonds is 4. The number of likely N-dealkylation sites (tertiary alicyclic amines) is 1. The molecule has 0 saturated carbocycles. The highest BCUT2D eigenvalue weighted by Crippen LogP contribution is 2.14. The van der Waals surface area contributed by atoms with Crippen LogP contribution >= 0.6 is 0 Å². The topological polar surface area (TPSA) is 53.2 Å². The van der Waals surface area contributed by atoms with Crippen LogP contribution in [0.2, 0.25) is 0 Å². The summed E-state index contributed by atoms with van der Waals surface area (Å²) in [6.07, 6.45) is 3.06. The van der Waals surface area contributed by atoms with Gasteiger partial charge in [0.25, 0.3) is 0 Å². The third-order valence-corrected chi connectivity index (χ3v) is 3.88. The molecule has 1 aromatic heterocycles. The van der Waals surface area contributed by atoms with Crippen LogP contribution in [-0.4, -0.2) is 34.5 Å². The quantitative estimate of drug-likeness (QED) is 0.876. The first-order valence-electron chi connectivity index (χ1n) is 7.23. The molecular weight excluding hydrogens is 264 g/mol. The molecule has 4 nitrogen and oxygen atoms in total. The Balaban J connectivity index is 1.64. The van der Waals surface area contributed by atoms with E-state index in [0.29, 0.717) is 29.9 Å². The molecule has 1 aliphatic rings. The molecule has 2 aromatic rings. The van der Waals surface area contributed by atoms with Crippen LogP contribution in [0, 0.1) is 0 Å². The third-order valence-electron chi connectivity index (χ3n) is 3.88. The van der Waals surface area contributed by atoms with Crippen LogP contribution in [0.3, 0.4) is 0 Å². The van der Waals surface area contributed by atoms with Crippen LogP contribution in [0.15, 0.2) is 42.6 Å². The number of aromatic nitrogens is 1. The van der Waals surface area contributed by atoms with Gasteiger partial charge in [-0.2, -0.15) is 0 Å². The zero-order chi connectivity index (χ0) is 14.7. The molecule has 1 fully saturated rings. The highest BCUT2D eigenvalue weighted by Gasteiger charge is 2.16. The number of H-pyrrole nitrogens is 1. The lowest BCUT2D eigenvalue weighted by Gasteiger charge is -2.25. The first-order valence-corrected chi connectivity index (χ1v) is 7.23. The summed E-state index contributed by atoms with van der Waals surface area (Å²) in [6, 6.07) is 11.3. The minimum absolute atomic E-state index is 0.00937. The molecule has 108 valence electrons. The third kappa shape index (κ3) is 3.28. The van der Waals surface area contributed by atoms with Crippen molar-refractivity contribution in [1.29, 1.82) is 0 Å². The highest BCUT2D eigenvalue weighted by molar-refractivity contribution is 6.07. The predicted molar refractivity (Wildman–Crippen MR) is 80.2 cm³/mol. The van der Waals surface area contributed by atoms with Crippen LogP contribution in [-0.2, 0) is 11.3 Å². The minimum atomic E-state index is 0.00937. The van der Waals surface area contributed by atoms with Crippen molar-refractivity contribution < 1.29 is 9.59 Å². The SMILES string of the molecule is O=C1CCN(Cc2ccc(C(=O)c3ccc[nH]3)cc2)CC1. The Morgan fingerprint density at radius 2 is 1.81 bits per heavy atom. The van der Waals surface area contributed by atoms with Crippen molar-refractivity contribution in [2.45, 2.75) is 19.4 Å². The summed E-state index contributed by atoms with van der Waals surface area (Å²) in [6.45, 7) is 2.51. The van der Waals surface area contributed by atoms with E-state index < -0.39 is 0 Å². The van der Waals surface area contributed by atoms with Gasteiger partial charge in [0.1, 0.15) is 5.78 Å². The maximum Gasteiger partial charge on any atom is 0.209 e. The van der Waals surface area contributed by atoms with Crippen LogP contribution in [0.1, 0.15) is 34.5 Å². The number of carbonyl (C=O) groups is 2. The molecule has 1 N–H and O–H groups in total. The molecule has 2 heterocycles. The molecule has 0 unspecified atom stereocenters. The second kappa shape index (κ2) is 6.06. The minimum Gasteiger partial charge on any atom is -0.359 e. The maximum atomic E-state index is 12.2. The lowest BCUT2D eigenvalue weighted by atomic mass is 10.0. The van der Waals surface area contributed by atoms with Gasteiger partial charge in [0.15, 0.2) is 0 Å². The molecule has 3 rings (SSSR count). The van der Waals surface area contributed by atoms with E-state index in [9.17, 15) is 9.59 Å². The fraction of sp³-hybridized carbons (Fsp3) is 0.294. The van der Waals surface area contributed by atoms with Gasteiger partial charge < -0.3 is 4.98 Å². The number of piperidine rings is 1. The van der Waals surface area contributed by atoms with Gasteiger partial charge >= 0.3 is 0 Å². The standard InChI is InChI=1S/C17H18N2O2/c20-15-7-10-19(11-8-15)12-13-3-5-14(6-4-13)17(21)16-2-1-9-18-16/h1-6,9,18H,7-8,10-12H2. The van der Waals surface area contributed by atoms with Gasteiger partial charge in [-0.05, 0) is 17.7 Å². The van der Waals surface area contributed by atoms with Crippen LogP contribution < -0.4 is 0 Å². The number of nitrogens with zero attached hydrogens (tertiary/aromatic N) is 1. The molecule has 4 heteroatoms. The number of carbonyl (C=O) groups excluding carboxylic acids is 2. The Bertz CT molecular complexity index is 619. The van der Waals surface area contributed by atoms with E-state index in [1.807, 2.05) is 30.3 Å². The largest absolute Gasteiger partial charge is 0.359 e. The van der Waals surface area contributed by atoms with Gasteiger partial charge in [-0.25, -0.2) is 0 Å².